The summed E-state index contributed by atoms with van der Waals surface area (Å²) in [6, 6.07) is 15.8. The Morgan fingerprint density at radius 1 is 1.11 bits per heavy atom. The van der Waals surface area contributed by atoms with Crippen molar-refractivity contribution < 1.29 is 4.79 Å². The number of amides is 1. The molecule has 1 heterocycles. The highest BCUT2D eigenvalue weighted by Gasteiger charge is 2.34. The molecule has 2 aromatic rings. The first kappa shape index (κ1) is 11.5. The van der Waals surface area contributed by atoms with E-state index in [0.717, 1.165) is 21.4 Å². The van der Waals surface area contributed by atoms with Crippen LogP contribution in [0.25, 0.3) is 0 Å². The summed E-state index contributed by atoms with van der Waals surface area (Å²) in [5.41, 5.74) is 3.00. The summed E-state index contributed by atoms with van der Waals surface area (Å²) >= 11 is 3.46. The number of carbonyl (C=O) groups excluding carboxylic acids is 1. The highest BCUT2D eigenvalue weighted by Crippen LogP contribution is 2.42. The molecule has 1 atom stereocenters. The van der Waals surface area contributed by atoms with Gasteiger partial charge >= 0.3 is 0 Å². The van der Waals surface area contributed by atoms with E-state index in [1.165, 1.54) is 0 Å². The lowest BCUT2D eigenvalue weighted by Gasteiger charge is -2.17. The van der Waals surface area contributed by atoms with Crippen molar-refractivity contribution in [3.8, 4) is 0 Å². The van der Waals surface area contributed by atoms with Crippen LogP contribution in [0, 0.1) is 0 Å². The van der Waals surface area contributed by atoms with Gasteiger partial charge in [-0.05, 0) is 42.8 Å². The average molecular weight is 302 g/mol. The zero-order valence-corrected chi connectivity index (χ0v) is 11.5. The van der Waals surface area contributed by atoms with Crippen molar-refractivity contribution >= 4 is 33.2 Å². The van der Waals surface area contributed by atoms with Crippen molar-refractivity contribution in [2.24, 2.45) is 0 Å². The van der Waals surface area contributed by atoms with Gasteiger partial charge in [-0.2, -0.15) is 0 Å². The summed E-state index contributed by atoms with van der Waals surface area (Å²) < 4.78 is 1.01. The van der Waals surface area contributed by atoms with Gasteiger partial charge in [-0.15, -0.1) is 0 Å². The molecule has 3 heteroatoms. The highest BCUT2D eigenvalue weighted by molar-refractivity contribution is 9.10. The van der Waals surface area contributed by atoms with Crippen LogP contribution in [0.15, 0.2) is 53.0 Å². The SMILES string of the molecule is C[C@H]1C(=O)N(c2ccccc2)c2ccc(Br)cc21. The molecule has 0 saturated heterocycles. The second-order valence-corrected chi connectivity index (χ2v) is 5.35. The largest absolute Gasteiger partial charge is 0.280 e. The number of rotatable bonds is 1. The van der Waals surface area contributed by atoms with Crippen LogP contribution in [0.2, 0.25) is 0 Å². The van der Waals surface area contributed by atoms with E-state index in [9.17, 15) is 4.79 Å². The molecule has 1 amide bonds. The van der Waals surface area contributed by atoms with Crippen molar-refractivity contribution in [2.75, 3.05) is 4.90 Å². The molecule has 0 unspecified atom stereocenters. The van der Waals surface area contributed by atoms with Crippen LogP contribution in [0.5, 0.6) is 0 Å². The van der Waals surface area contributed by atoms with E-state index in [1.807, 2.05) is 55.5 Å². The normalized spacial score (nSPS) is 18.0. The Kier molecular flexibility index (Phi) is 2.71. The first-order valence-electron chi connectivity index (χ1n) is 5.87. The number of hydrogen-bond donors (Lipinski definition) is 0. The first-order valence-corrected chi connectivity index (χ1v) is 6.66. The second-order valence-electron chi connectivity index (χ2n) is 4.43. The maximum absolute atomic E-state index is 12.4. The number of halogens is 1. The molecule has 1 aliphatic rings. The number of para-hydroxylation sites is 1. The van der Waals surface area contributed by atoms with E-state index in [2.05, 4.69) is 15.9 Å². The fraction of sp³-hybridized carbons (Fsp3) is 0.133. The van der Waals surface area contributed by atoms with Crippen molar-refractivity contribution in [2.45, 2.75) is 12.8 Å². The molecule has 0 aromatic heterocycles. The molecule has 1 aliphatic heterocycles. The van der Waals surface area contributed by atoms with Crippen molar-refractivity contribution in [3.63, 3.8) is 0 Å². The van der Waals surface area contributed by atoms with Crippen LogP contribution < -0.4 is 4.90 Å². The fourth-order valence-electron chi connectivity index (χ4n) is 2.36. The number of fused-ring (bicyclic) bond motifs is 1. The second kappa shape index (κ2) is 4.25. The van der Waals surface area contributed by atoms with Gasteiger partial charge in [0.05, 0.1) is 11.6 Å². The first-order chi connectivity index (χ1) is 8.68. The van der Waals surface area contributed by atoms with Gasteiger partial charge in [0, 0.05) is 10.2 Å². The van der Waals surface area contributed by atoms with Crippen LogP contribution in [0.4, 0.5) is 11.4 Å². The summed E-state index contributed by atoms with van der Waals surface area (Å²) in [4.78, 5) is 14.2. The quantitative estimate of drug-likeness (QED) is 0.772. The van der Waals surface area contributed by atoms with Gasteiger partial charge in [0.2, 0.25) is 5.91 Å². The number of nitrogens with zero attached hydrogens (tertiary/aromatic N) is 1. The van der Waals surface area contributed by atoms with E-state index in [-0.39, 0.29) is 11.8 Å². The van der Waals surface area contributed by atoms with Crippen molar-refractivity contribution in [1.82, 2.24) is 0 Å². The third-order valence-electron chi connectivity index (χ3n) is 3.30. The van der Waals surface area contributed by atoms with Crippen molar-refractivity contribution in [1.29, 1.82) is 0 Å². The number of benzene rings is 2. The summed E-state index contributed by atoms with van der Waals surface area (Å²) in [5.74, 6) is 0.0482. The molecule has 0 N–H and O–H groups in total. The molecule has 90 valence electrons. The smallest absolute Gasteiger partial charge is 0.238 e. The molecule has 0 bridgehead atoms. The van der Waals surface area contributed by atoms with Crippen LogP contribution in [-0.2, 0) is 4.79 Å². The minimum atomic E-state index is -0.0855. The van der Waals surface area contributed by atoms with E-state index in [0.29, 0.717) is 0 Å². The Balaban J connectivity index is 2.16. The molecule has 2 nitrogen and oxygen atoms in total. The summed E-state index contributed by atoms with van der Waals surface area (Å²) in [6.45, 7) is 1.95. The molecule has 2 aromatic carbocycles. The third kappa shape index (κ3) is 1.66. The fourth-order valence-corrected chi connectivity index (χ4v) is 2.74. The zero-order valence-electron chi connectivity index (χ0n) is 9.93. The molecule has 0 radical (unpaired) electrons. The van der Waals surface area contributed by atoms with E-state index < -0.39 is 0 Å². The highest BCUT2D eigenvalue weighted by atomic mass is 79.9. The molecular weight excluding hydrogens is 290 g/mol. The molecule has 3 rings (SSSR count). The number of hydrogen-bond acceptors (Lipinski definition) is 1. The predicted octanol–water partition coefficient (Wildman–Crippen LogP) is 4.23. The lowest BCUT2D eigenvalue weighted by molar-refractivity contribution is -0.118. The van der Waals surface area contributed by atoms with Crippen molar-refractivity contribution in [3.05, 3.63) is 58.6 Å². The average Bonchev–Trinajstić information content (AvgIpc) is 2.64. The van der Waals surface area contributed by atoms with Crippen LogP contribution in [0.3, 0.4) is 0 Å². The number of anilines is 2. The van der Waals surface area contributed by atoms with Gasteiger partial charge in [-0.1, -0.05) is 34.1 Å². The van der Waals surface area contributed by atoms with Crippen LogP contribution >= 0.6 is 15.9 Å². The van der Waals surface area contributed by atoms with Gasteiger partial charge < -0.3 is 0 Å². The lowest BCUT2D eigenvalue weighted by atomic mass is 10.0. The van der Waals surface area contributed by atoms with Crippen LogP contribution in [0.1, 0.15) is 18.4 Å². The van der Waals surface area contributed by atoms with Gasteiger partial charge in [-0.25, -0.2) is 0 Å². The molecule has 18 heavy (non-hydrogen) atoms. The minimum Gasteiger partial charge on any atom is -0.280 e. The Morgan fingerprint density at radius 3 is 2.56 bits per heavy atom. The van der Waals surface area contributed by atoms with E-state index in [4.69, 9.17) is 0 Å². The maximum Gasteiger partial charge on any atom is 0.238 e. The molecule has 0 saturated carbocycles. The Hall–Kier alpha value is -1.61. The standard InChI is InChI=1S/C15H12BrNO/c1-10-13-9-11(16)7-8-14(13)17(15(10)18)12-5-3-2-4-6-12/h2-10H,1H3/t10-/m1/s1. The maximum atomic E-state index is 12.4. The molecular formula is C15H12BrNO. The Bertz CT molecular complexity index is 609. The van der Waals surface area contributed by atoms with Gasteiger partial charge in [0.25, 0.3) is 0 Å². The van der Waals surface area contributed by atoms with Gasteiger partial charge in [0.1, 0.15) is 0 Å². The van der Waals surface area contributed by atoms with E-state index >= 15 is 0 Å². The Morgan fingerprint density at radius 2 is 1.83 bits per heavy atom. The minimum absolute atomic E-state index is 0.0855. The molecule has 0 aliphatic carbocycles. The monoisotopic (exact) mass is 301 g/mol. The molecule has 0 fully saturated rings. The van der Waals surface area contributed by atoms with E-state index in [1.54, 1.807) is 4.90 Å². The van der Waals surface area contributed by atoms with Gasteiger partial charge in [0.15, 0.2) is 0 Å². The molecule has 0 spiro atoms. The third-order valence-corrected chi connectivity index (χ3v) is 3.80. The summed E-state index contributed by atoms with van der Waals surface area (Å²) in [7, 11) is 0. The zero-order chi connectivity index (χ0) is 12.7. The topological polar surface area (TPSA) is 20.3 Å². The number of carbonyl (C=O) groups is 1. The van der Waals surface area contributed by atoms with Gasteiger partial charge in [-0.3, -0.25) is 9.69 Å². The lowest BCUT2D eigenvalue weighted by Crippen LogP contribution is -2.22. The summed E-state index contributed by atoms with van der Waals surface area (Å²) in [6.07, 6.45) is 0. The Labute approximate surface area is 114 Å². The van der Waals surface area contributed by atoms with Crippen LogP contribution in [-0.4, -0.2) is 5.91 Å². The predicted molar refractivity (Wildman–Crippen MR) is 76.1 cm³/mol. The summed E-state index contributed by atoms with van der Waals surface area (Å²) in [5, 5.41) is 0.